The minimum atomic E-state index is -0.509. The number of hydrogen-bond donors (Lipinski definition) is 2. The van der Waals surface area contributed by atoms with E-state index in [0.717, 1.165) is 40.8 Å². The van der Waals surface area contributed by atoms with Gasteiger partial charge in [-0.15, -0.1) is 0 Å². The molecule has 36 heavy (non-hydrogen) atoms. The van der Waals surface area contributed by atoms with Crippen molar-refractivity contribution in [2.45, 2.75) is 24.3 Å². The third kappa shape index (κ3) is 4.12. The summed E-state index contributed by atoms with van der Waals surface area (Å²) in [5, 5.41) is 11.6. The molecular weight excluding hydrogens is 458 g/mol. The zero-order chi connectivity index (χ0) is 25.4. The number of nitrogens with zero attached hydrogens (tertiary/aromatic N) is 4. The van der Waals surface area contributed by atoms with Crippen LogP contribution in [-0.4, -0.2) is 95.6 Å². The first-order chi connectivity index (χ1) is 17.4. The molecule has 2 aliphatic rings. The number of likely N-dealkylation sites (tertiary alicyclic amines) is 1. The van der Waals surface area contributed by atoms with Gasteiger partial charge in [0, 0.05) is 60.1 Å². The Morgan fingerprint density at radius 3 is 2.67 bits per heavy atom. The number of fused-ring (bicyclic) bond motifs is 4. The van der Waals surface area contributed by atoms with Crippen LogP contribution in [0.5, 0.6) is 5.75 Å². The summed E-state index contributed by atoms with van der Waals surface area (Å²) < 4.78 is 5.44. The lowest BCUT2D eigenvalue weighted by atomic mass is 9.68. The van der Waals surface area contributed by atoms with Crippen molar-refractivity contribution in [2.24, 2.45) is 0 Å². The maximum absolute atomic E-state index is 13.7. The number of piperidine rings is 1. The van der Waals surface area contributed by atoms with Crippen LogP contribution in [0.2, 0.25) is 0 Å². The highest BCUT2D eigenvalue weighted by atomic mass is 16.5. The van der Waals surface area contributed by atoms with Crippen LogP contribution in [0.15, 0.2) is 42.7 Å². The van der Waals surface area contributed by atoms with Crippen molar-refractivity contribution in [3.8, 4) is 5.75 Å². The predicted molar refractivity (Wildman–Crippen MR) is 136 cm³/mol. The highest BCUT2D eigenvalue weighted by Gasteiger charge is 2.49. The molecular formula is C27H33N5O4. The van der Waals surface area contributed by atoms with Crippen LogP contribution in [-0.2, 0) is 10.2 Å². The topological polar surface area (TPSA) is 102 Å². The van der Waals surface area contributed by atoms with E-state index in [0.29, 0.717) is 31.7 Å². The number of likely N-dealkylation sites (N-methyl/N-ethyl adjacent to an activating group) is 1. The summed E-state index contributed by atoms with van der Waals surface area (Å²) in [5.41, 5.74) is 3.07. The molecule has 0 bridgehead atoms. The average Bonchev–Trinajstić information content (AvgIpc) is 3.28. The van der Waals surface area contributed by atoms with E-state index in [1.54, 1.807) is 36.5 Å². The normalized spacial score (nSPS) is 19.1. The van der Waals surface area contributed by atoms with E-state index in [1.165, 1.54) is 0 Å². The Morgan fingerprint density at radius 1 is 1.25 bits per heavy atom. The van der Waals surface area contributed by atoms with E-state index in [-0.39, 0.29) is 23.8 Å². The second-order valence-electron chi connectivity index (χ2n) is 10.1. The number of ether oxygens (including phenoxy) is 1. The minimum absolute atomic E-state index is 0.117. The van der Waals surface area contributed by atoms with Gasteiger partial charge in [-0.25, -0.2) is 0 Å². The zero-order valence-corrected chi connectivity index (χ0v) is 21.0. The maximum atomic E-state index is 13.7. The predicted octanol–water partition coefficient (Wildman–Crippen LogP) is 2.18. The molecule has 1 atom stereocenters. The fourth-order valence-electron chi connectivity index (χ4n) is 5.84. The highest BCUT2D eigenvalue weighted by molar-refractivity contribution is 5.95. The summed E-state index contributed by atoms with van der Waals surface area (Å²) in [6, 6.07) is 8.95. The largest absolute Gasteiger partial charge is 0.497 e. The van der Waals surface area contributed by atoms with Crippen LogP contribution in [0.4, 0.5) is 0 Å². The number of aliphatic hydroxyl groups is 1. The lowest BCUT2D eigenvalue weighted by Crippen LogP contribution is -2.56. The van der Waals surface area contributed by atoms with Crippen LogP contribution in [0.1, 0.15) is 40.5 Å². The molecule has 0 unspecified atom stereocenters. The van der Waals surface area contributed by atoms with E-state index in [9.17, 15) is 14.7 Å². The number of methoxy groups -OCH3 is 1. The van der Waals surface area contributed by atoms with Gasteiger partial charge in [0.05, 0.1) is 31.9 Å². The van der Waals surface area contributed by atoms with Crippen LogP contribution in [0.3, 0.4) is 0 Å². The SMILES string of the molecule is COc1ccc2c3c([nH]c2c1)[C@@H](CO)N(C(=O)c1cccnc1)CC31CCN(C(=O)CN(C)C)CC1. The number of amides is 2. The molecule has 1 saturated heterocycles. The third-order valence-corrected chi connectivity index (χ3v) is 7.61. The van der Waals surface area contributed by atoms with Gasteiger partial charge < -0.3 is 29.5 Å². The van der Waals surface area contributed by atoms with Crippen molar-refractivity contribution in [3.63, 3.8) is 0 Å². The number of H-pyrrole nitrogens is 1. The number of aromatic amines is 1. The van der Waals surface area contributed by atoms with Gasteiger partial charge in [0.1, 0.15) is 5.75 Å². The Morgan fingerprint density at radius 2 is 2.03 bits per heavy atom. The summed E-state index contributed by atoms with van der Waals surface area (Å²) >= 11 is 0. The smallest absolute Gasteiger partial charge is 0.256 e. The van der Waals surface area contributed by atoms with Gasteiger partial charge in [0.25, 0.3) is 5.91 Å². The van der Waals surface area contributed by atoms with Gasteiger partial charge >= 0.3 is 0 Å². The third-order valence-electron chi connectivity index (χ3n) is 7.61. The van der Waals surface area contributed by atoms with E-state index < -0.39 is 6.04 Å². The number of nitrogens with one attached hydrogen (secondary N) is 1. The Bertz CT molecular complexity index is 1260. The van der Waals surface area contributed by atoms with Gasteiger partial charge in [0.2, 0.25) is 5.91 Å². The van der Waals surface area contributed by atoms with E-state index in [4.69, 9.17) is 4.74 Å². The van der Waals surface area contributed by atoms with E-state index >= 15 is 0 Å². The van der Waals surface area contributed by atoms with Crippen molar-refractivity contribution in [1.29, 1.82) is 0 Å². The van der Waals surface area contributed by atoms with Crippen LogP contribution >= 0.6 is 0 Å². The summed E-state index contributed by atoms with van der Waals surface area (Å²) in [6.07, 6.45) is 4.67. The molecule has 0 radical (unpaired) electrons. The number of aliphatic hydroxyl groups excluding tert-OH is 1. The highest BCUT2D eigenvalue weighted by Crippen LogP contribution is 2.49. The van der Waals surface area contributed by atoms with Crippen LogP contribution in [0, 0.1) is 0 Å². The van der Waals surface area contributed by atoms with Crippen molar-refractivity contribution < 1.29 is 19.4 Å². The Balaban J connectivity index is 1.59. The number of carbonyl (C=O) groups is 2. The molecule has 1 aromatic carbocycles. The summed E-state index contributed by atoms with van der Waals surface area (Å²) in [6.45, 7) is 1.88. The fourth-order valence-corrected chi connectivity index (χ4v) is 5.84. The second kappa shape index (κ2) is 9.55. The van der Waals surface area contributed by atoms with Gasteiger partial charge in [-0.05, 0) is 56.8 Å². The molecule has 190 valence electrons. The number of aromatic nitrogens is 2. The molecule has 4 heterocycles. The lowest BCUT2D eigenvalue weighted by molar-refractivity contribution is -0.133. The fraction of sp³-hybridized carbons (Fsp3) is 0.444. The number of rotatable bonds is 5. The van der Waals surface area contributed by atoms with Crippen molar-refractivity contribution in [1.82, 2.24) is 24.7 Å². The first kappa shape index (κ1) is 24.3. The molecule has 2 N–H and O–H groups in total. The van der Waals surface area contributed by atoms with Crippen molar-refractivity contribution >= 4 is 22.7 Å². The molecule has 1 spiro atoms. The summed E-state index contributed by atoms with van der Waals surface area (Å²) in [7, 11) is 5.43. The van der Waals surface area contributed by atoms with Gasteiger partial charge in [-0.2, -0.15) is 0 Å². The minimum Gasteiger partial charge on any atom is -0.497 e. The molecule has 2 aromatic heterocycles. The Hall–Kier alpha value is -3.43. The number of benzene rings is 1. The number of carbonyl (C=O) groups excluding carboxylic acids is 2. The lowest BCUT2D eigenvalue weighted by Gasteiger charge is -2.50. The molecule has 2 aliphatic heterocycles. The van der Waals surface area contributed by atoms with E-state index in [2.05, 4.69) is 16.0 Å². The van der Waals surface area contributed by atoms with E-state index in [1.807, 2.05) is 36.0 Å². The summed E-state index contributed by atoms with van der Waals surface area (Å²) in [5.74, 6) is 0.698. The quantitative estimate of drug-likeness (QED) is 0.567. The van der Waals surface area contributed by atoms with Crippen LogP contribution in [0.25, 0.3) is 10.9 Å². The average molecular weight is 492 g/mol. The van der Waals surface area contributed by atoms with Crippen molar-refractivity contribution in [2.75, 3.05) is 54.0 Å². The first-order valence-electron chi connectivity index (χ1n) is 12.3. The van der Waals surface area contributed by atoms with Gasteiger partial charge in [-0.1, -0.05) is 0 Å². The van der Waals surface area contributed by atoms with Crippen LogP contribution < -0.4 is 4.74 Å². The van der Waals surface area contributed by atoms with Crippen molar-refractivity contribution in [3.05, 3.63) is 59.5 Å². The molecule has 3 aromatic rings. The molecule has 0 saturated carbocycles. The zero-order valence-electron chi connectivity index (χ0n) is 21.0. The maximum Gasteiger partial charge on any atom is 0.256 e. The molecule has 9 nitrogen and oxygen atoms in total. The number of pyridine rings is 1. The first-order valence-corrected chi connectivity index (χ1v) is 12.3. The molecule has 2 amide bonds. The number of hydrogen-bond acceptors (Lipinski definition) is 6. The Labute approximate surface area is 210 Å². The standard InChI is InChI=1S/C27H33N5O4/c1-30(2)15-23(34)31-11-8-27(9-12-31)17-32(26(35)18-5-4-10-28-14-18)22(16-33)25-24(27)20-7-6-19(36-3)13-21(20)29-25/h4-7,10,13-14,22,29,33H,8-9,11-12,15-17H2,1-3H3/t22-/m1/s1. The Kier molecular flexibility index (Phi) is 6.44. The summed E-state index contributed by atoms with van der Waals surface area (Å²) in [4.78, 5) is 39.7. The second-order valence-corrected chi connectivity index (χ2v) is 10.1. The monoisotopic (exact) mass is 491 g/mol. The molecule has 9 heteroatoms. The molecule has 1 fully saturated rings. The molecule has 0 aliphatic carbocycles. The van der Waals surface area contributed by atoms with Gasteiger partial charge in [-0.3, -0.25) is 14.6 Å². The van der Waals surface area contributed by atoms with Gasteiger partial charge in [0.15, 0.2) is 0 Å². The molecule has 5 rings (SSSR count).